The van der Waals surface area contributed by atoms with E-state index in [9.17, 15) is 0 Å². The fraction of sp³-hybridized carbons (Fsp3) is 1.00. The van der Waals surface area contributed by atoms with Crippen molar-refractivity contribution in [3.8, 4) is 0 Å². The molecule has 0 amide bonds. The van der Waals surface area contributed by atoms with E-state index in [4.69, 9.17) is 45.0 Å². The van der Waals surface area contributed by atoms with Crippen LogP contribution in [0.15, 0.2) is 0 Å². The first-order valence-corrected chi connectivity index (χ1v) is 22.2. The zero-order chi connectivity index (χ0) is 21.3. The molecule has 4 saturated carbocycles. The minimum atomic E-state index is -3.93. The zero-order valence-corrected chi connectivity index (χ0v) is 23.7. The van der Waals surface area contributed by atoms with Crippen LogP contribution in [0.4, 0.5) is 0 Å². The van der Waals surface area contributed by atoms with Gasteiger partial charge < -0.3 is 0 Å². The predicted octanol–water partition coefficient (Wildman–Crippen LogP) is 12.0. The molecule has 6 heteroatoms. The third kappa shape index (κ3) is 3.76. The first-order chi connectivity index (χ1) is 14.3. The topological polar surface area (TPSA) is 0 Å². The molecule has 0 heterocycles. The summed E-state index contributed by atoms with van der Waals surface area (Å²) >= 11 is 30.7. The van der Waals surface area contributed by atoms with E-state index < -0.39 is 9.99 Å². The number of hydrogen-bond donors (Lipinski definition) is 0. The molecule has 0 bridgehead atoms. The first-order valence-electron chi connectivity index (χ1n) is 13.2. The average Bonchev–Trinajstić information content (AvgIpc) is 2.76. The van der Waals surface area contributed by atoms with Gasteiger partial charge in [-0.25, -0.2) is 0 Å². The van der Waals surface area contributed by atoms with E-state index in [0.29, 0.717) is 22.6 Å². The molecule has 0 spiro atoms. The van der Waals surface area contributed by atoms with Crippen LogP contribution in [0.25, 0.3) is 0 Å². The summed E-state index contributed by atoms with van der Waals surface area (Å²) in [7, 11) is 0. The summed E-state index contributed by atoms with van der Waals surface area (Å²) in [4.78, 5) is 0. The molecule has 0 aromatic carbocycles. The number of rotatable bonds is 5. The van der Waals surface area contributed by atoms with Gasteiger partial charge in [-0.05, 0) is 0 Å². The molecule has 0 aliphatic heterocycles. The van der Waals surface area contributed by atoms with Gasteiger partial charge in [-0.3, -0.25) is 0 Å². The Balaban J connectivity index is 2.01. The molecule has 0 saturated heterocycles. The van der Waals surface area contributed by atoms with E-state index in [2.05, 4.69) is 0 Å². The molecule has 0 N–H and O–H groups in total. The number of hydrogen-bond acceptors (Lipinski definition) is 0. The molecule has 4 rings (SSSR count). The number of halogens is 4. The van der Waals surface area contributed by atoms with E-state index in [1.54, 1.807) is 0 Å². The van der Waals surface area contributed by atoms with Crippen molar-refractivity contribution in [1.29, 1.82) is 0 Å². The zero-order valence-electron chi connectivity index (χ0n) is 18.9. The summed E-state index contributed by atoms with van der Waals surface area (Å²) in [6.45, 7) is 0. The molecule has 178 valence electrons. The van der Waals surface area contributed by atoms with Crippen molar-refractivity contribution in [2.24, 2.45) is 0 Å². The van der Waals surface area contributed by atoms with Crippen LogP contribution < -0.4 is 0 Å². The second-order valence-corrected chi connectivity index (χ2v) is 37.4. The molecule has 0 radical (unpaired) electrons. The van der Waals surface area contributed by atoms with Crippen molar-refractivity contribution >= 4 is 55.0 Å². The van der Waals surface area contributed by atoms with E-state index in [0.717, 1.165) is 0 Å². The van der Waals surface area contributed by atoms with Gasteiger partial charge in [0.05, 0.1) is 0 Å². The molecule has 30 heavy (non-hydrogen) atoms. The second-order valence-electron chi connectivity index (χ2n) is 11.2. The van der Waals surface area contributed by atoms with Gasteiger partial charge in [-0.15, -0.1) is 0 Å². The standard InChI is InChI=1S/C24H44Cl4P2/c25-30(26,27,28)29(21-13-5-1-6-14-21,22-15-7-2-8-16-22,23-17-9-3-10-18-23)24-19-11-4-12-20-24/h21-24H,1-20H2. The molecule has 4 aliphatic rings. The van der Waals surface area contributed by atoms with Gasteiger partial charge in [0.15, 0.2) is 0 Å². The van der Waals surface area contributed by atoms with Gasteiger partial charge in [-0.1, -0.05) is 0 Å². The Kier molecular flexibility index (Phi) is 8.02. The molecular weight excluding hydrogens is 492 g/mol. The molecule has 4 fully saturated rings. The molecular formula is C24H44Cl4P2. The fourth-order valence-corrected chi connectivity index (χ4v) is 47.3. The van der Waals surface area contributed by atoms with Crippen LogP contribution in [0.1, 0.15) is 128 Å². The Morgan fingerprint density at radius 3 is 0.700 bits per heavy atom. The van der Waals surface area contributed by atoms with Gasteiger partial charge in [-0.2, -0.15) is 0 Å². The van der Waals surface area contributed by atoms with Crippen LogP contribution in [-0.4, -0.2) is 22.6 Å². The van der Waals surface area contributed by atoms with Gasteiger partial charge in [0.1, 0.15) is 0 Å². The monoisotopic (exact) mass is 534 g/mol. The van der Waals surface area contributed by atoms with E-state index in [-0.39, 0.29) is 0 Å². The summed E-state index contributed by atoms with van der Waals surface area (Å²) in [5, 5.41) is 0. The van der Waals surface area contributed by atoms with E-state index in [1.807, 2.05) is 0 Å². The van der Waals surface area contributed by atoms with Crippen molar-refractivity contribution in [2.75, 3.05) is 0 Å². The van der Waals surface area contributed by atoms with Crippen molar-refractivity contribution in [3.05, 3.63) is 0 Å². The van der Waals surface area contributed by atoms with Gasteiger partial charge in [0.25, 0.3) is 0 Å². The summed E-state index contributed by atoms with van der Waals surface area (Å²) in [5.41, 5.74) is 2.56. The summed E-state index contributed by atoms with van der Waals surface area (Å²) in [5.74, 6) is 0. The quantitative estimate of drug-likeness (QED) is 0.307. The summed E-state index contributed by atoms with van der Waals surface area (Å²) in [6.07, 6.45) is 23.7. The molecule has 0 aromatic heterocycles. The summed E-state index contributed by atoms with van der Waals surface area (Å²) < 4.78 is -3.93. The molecule has 0 unspecified atom stereocenters. The fourth-order valence-electron chi connectivity index (χ4n) is 9.35. The Hall–Kier alpha value is 2.02. The van der Waals surface area contributed by atoms with Gasteiger partial charge in [0, 0.05) is 0 Å². The minimum absolute atomic E-state index is 0.640. The molecule has 0 aromatic rings. The predicted molar refractivity (Wildman–Crippen MR) is 145 cm³/mol. The Morgan fingerprint density at radius 1 is 0.333 bits per heavy atom. The van der Waals surface area contributed by atoms with Crippen molar-refractivity contribution < 1.29 is 0 Å². The van der Waals surface area contributed by atoms with Crippen LogP contribution in [0.3, 0.4) is 0 Å². The molecule has 0 nitrogen and oxygen atoms in total. The SMILES string of the molecule is ClP(Cl)(Cl)(Cl)P(C1CCCCC1)(C1CCCCC1)(C1CCCCC1)C1CCCCC1. The molecule has 0 atom stereocenters. The van der Waals surface area contributed by atoms with Crippen LogP contribution in [0.5, 0.6) is 0 Å². The second kappa shape index (κ2) is 9.58. The van der Waals surface area contributed by atoms with Crippen LogP contribution >= 0.6 is 55.0 Å². The van der Waals surface area contributed by atoms with Crippen molar-refractivity contribution in [2.45, 2.75) is 151 Å². The van der Waals surface area contributed by atoms with E-state index in [1.165, 1.54) is 128 Å². The van der Waals surface area contributed by atoms with Gasteiger partial charge >= 0.3 is 206 Å². The third-order valence-electron chi connectivity index (χ3n) is 10.2. The van der Waals surface area contributed by atoms with E-state index >= 15 is 0 Å². The normalized spacial score (nSPS) is 30.3. The first kappa shape index (κ1) is 25.1. The average molecular weight is 536 g/mol. The summed E-state index contributed by atoms with van der Waals surface area (Å²) in [6, 6.07) is 0. The van der Waals surface area contributed by atoms with Crippen molar-refractivity contribution in [1.82, 2.24) is 0 Å². The maximum absolute atomic E-state index is 7.69. The van der Waals surface area contributed by atoms with Gasteiger partial charge in [0.2, 0.25) is 0 Å². The van der Waals surface area contributed by atoms with Crippen LogP contribution in [-0.2, 0) is 0 Å². The maximum atomic E-state index is 7.69. The van der Waals surface area contributed by atoms with Crippen LogP contribution in [0, 0.1) is 0 Å². The Labute approximate surface area is 205 Å². The molecule has 4 aliphatic carbocycles. The Bertz CT molecular complexity index is 485. The third-order valence-corrected chi connectivity index (χ3v) is 40.7. The Morgan fingerprint density at radius 2 is 0.533 bits per heavy atom. The van der Waals surface area contributed by atoms with Crippen molar-refractivity contribution in [3.63, 3.8) is 0 Å². The van der Waals surface area contributed by atoms with Crippen LogP contribution in [0.2, 0.25) is 0 Å².